The molecule has 2 amide bonds. The second-order valence-corrected chi connectivity index (χ2v) is 16.9. The van der Waals surface area contributed by atoms with E-state index in [0.717, 1.165) is 13.8 Å². The highest BCUT2D eigenvalue weighted by molar-refractivity contribution is 5.76. The van der Waals surface area contributed by atoms with Crippen LogP contribution in [0.1, 0.15) is 20.3 Å². The molecule has 0 aromatic carbocycles. The maximum atomic E-state index is 12.7. The molecule has 31 heteroatoms. The molecule has 5 rings (SSSR count). The van der Waals surface area contributed by atoms with Gasteiger partial charge in [0.05, 0.1) is 45.2 Å². The lowest BCUT2D eigenvalue weighted by molar-refractivity contribution is -0.381. The lowest BCUT2D eigenvalue weighted by Gasteiger charge is -2.50. The Bertz CT molecular complexity index is 1660. The van der Waals surface area contributed by atoms with E-state index < -0.39 is 216 Å². The summed E-state index contributed by atoms with van der Waals surface area (Å²) in [7, 11) is 0. The van der Waals surface area contributed by atoms with Gasteiger partial charge in [-0.1, -0.05) is 0 Å². The fourth-order valence-electron chi connectivity index (χ4n) is 8.42. The van der Waals surface area contributed by atoms with Crippen molar-refractivity contribution in [2.75, 3.05) is 33.0 Å². The number of nitrogens with one attached hydrogen (secondary N) is 2. The standard InChI is InChI=1S/C37H62N2O29/c1-9(44)38-17-11(46)3-37(36(58)59,68-30(17)19(48)12(47)4-40)60-8-16-20(49)23(52)26(55)34(64-16)66-29-18(39-10(2)45)33(62-13(5-41)21(29)50)67-31-22(51)14(6-42)63-35(27(31)56)65-28-15(7-43)61-32(57)25(54)24(28)53/h11-35,40-43,46-57H,3-8H2,1-2H3,(H,38,44)(H,39,45)(H,58,59)/t11-,12+,13+,14+,15+,16+,17+,18+,19+,20-,21+,22-,23-,24+,25+,26+,27+,28-,29+,30+,31-,32+,33-,34-,35-,37+/m0/s1. The van der Waals surface area contributed by atoms with Gasteiger partial charge in [-0.05, 0) is 0 Å². The Labute approximate surface area is 384 Å². The van der Waals surface area contributed by atoms with Crippen LogP contribution in [0.25, 0.3) is 0 Å². The summed E-state index contributed by atoms with van der Waals surface area (Å²) in [5, 5.41) is 184. The third-order valence-corrected chi connectivity index (χ3v) is 12.1. The SMILES string of the molecule is CC(=O)N[C@H]1[C@H](O[C@H]2[C@@H](O)[C@@H](CO)O[C@@H](O[C@@H]3[C@H](O)[C@@H](O)[C@H](O)O[C@@H]3CO)[C@@H]2O)O[C@H](CO)[C@@H](O)[C@@H]1O[C@@H]1O[C@H](CO[C@]2(C(=O)O)C[C@H](O)[C@@H](NC(C)=O)[C@H]([C@H](O)[C@H](O)CO)O2)[C@H](O)[C@H](O)[C@H]1O. The maximum Gasteiger partial charge on any atom is 0.364 e. The minimum Gasteiger partial charge on any atom is -0.477 e. The van der Waals surface area contributed by atoms with Gasteiger partial charge in [0.2, 0.25) is 11.8 Å². The monoisotopic (exact) mass is 998 g/mol. The van der Waals surface area contributed by atoms with Gasteiger partial charge < -0.3 is 140 Å². The molecular formula is C37H62N2O29. The van der Waals surface area contributed by atoms with Gasteiger partial charge >= 0.3 is 5.97 Å². The summed E-state index contributed by atoms with van der Waals surface area (Å²) >= 11 is 0. The number of carboxylic acid groups (broad SMARTS) is 1. The van der Waals surface area contributed by atoms with Crippen LogP contribution in [0.2, 0.25) is 0 Å². The number of hydrogen-bond donors (Lipinski definition) is 19. The number of aliphatic carboxylic acids is 1. The molecule has 0 spiro atoms. The highest BCUT2D eigenvalue weighted by Crippen LogP contribution is 2.37. The van der Waals surface area contributed by atoms with Crippen molar-refractivity contribution in [2.45, 2.75) is 179 Å². The van der Waals surface area contributed by atoms with Crippen molar-refractivity contribution in [1.29, 1.82) is 0 Å². The lowest BCUT2D eigenvalue weighted by atomic mass is 9.88. The summed E-state index contributed by atoms with van der Waals surface area (Å²) in [4.78, 5) is 37.3. The van der Waals surface area contributed by atoms with Crippen molar-refractivity contribution in [3.05, 3.63) is 0 Å². The first kappa shape index (κ1) is 56.3. The summed E-state index contributed by atoms with van der Waals surface area (Å²) in [5.41, 5.74) is 0. The number of hydrogen-bond acceptors (Lipinski definition) is 28. The molecule has 5 aliphatic rings. The molecule has 394 valence electrons. The fourth-order valence-corrected chi connectivity index (χ4v) is 8.42. The minimum absolute atomic E-state index is 0.782. The molecule has 0 radical (unpaired) electrons. The molecule has 0 aromatic rings. The number of aliphatic hydroxyl groups is 16. The van der Waals surface area contributed by atoms with Crippen LogP contribution in [0.5, 0.6) is 0 Å². The first-order valence-electron chi connectivity index (χ1n) is 21.2. The van der Waals surface area contributed by atoms with E-state index in [1.54, 1.807) is 0 Å². The van der Waals surface area contributed by atoms with Gasteiger partial charge in [-0.2, -0.15) is 0 Å². The summed E-state index contributed by atoms with van der Waals surface area (Å²) < 4.78 is 50.5. The molecule has 26 atom stereocenters. The van der Waals surface area contributed by atoms with E-state index in [1.165, 1.54) is 0 Å². The van der Waals surface area contributed by atoms with Gasteiger partial charge in [0.1, 0.15) is 116 Å². The zero-order chi connectivity index (χ0) is 50.7. The fraction of sp³-hybridized carbons (Fsp3) is 0.919. The van der Waals surface area contributed by atoms with E-state index in [-0.39, 0.29) is 0 Å². The van der Waals surface area contributed by atoms with Crippen molar-refractivity contribution < 1.29 is 144 Å². The molecule has 31 nitrogen and oxygen atoms in total. The third kappa shape index (κ3) is 12.0. The Kier molecular flexibility index (Phi) is 19.7. The quantitative estimate of drug-likeness (QED) is 0.0606. The molecule has 19 N–H and O–H groups in total. The second-order valence-electron chi connectivity index (χ2n) is 16.9. The van der Waals surface area contributed by atoms with Gasteiger partial charge in [0, 0.05) is 20.3 Å². The van der Waals surface area contributed by atoms with E-state index in [0.29, 0.717) is 0 Å². The summed E-state index contributed by atoms with van der Waals surface area (Å²) in [6, 6.07) is -3.40. The van der Waals surface area contributed by atoms with Crippen LogP contribution in [0.4, 0.5) is 0 Å². The zero-order valence-corrected chi connectivity index (χ0v) is 36.2. The van der Waals surface area contributed by atoms with Gasteiger partial charge in [0.15, 0.2) is 25.2 Å². The molecule has 0 aliphatic carbocycles. The van der Waals surface area contributed by atoms with Crippen LogP contribution >= 0.6 is 0 Å². The van der Waals surface area contributed by atoms with Gasteiger partial charge in [-0.25, -0.2) is 4.79 Å². The zero-order valence-electron chi connectivity index (χ0n) is 36.2. The highest BCUT2D eigenvalue weighted by atomic mass is 16.8. The largest absolute Gasteiger partial charge is 0.477 e. The molecule has 0 unspecified atom stereocenters. The smallest absolute Gasteiger partial charge is 0.364 e. The van der Waals surface area contributed by atoms with Crippen molar-refractivity contribution in [2.24, 2.45) is 0 Å². The van der Waals surface area contributed by atoms with Crippen LogP contribution in [0, 0.1) is 0 Å². The van der Waals surface area contributed by atoms with Crippen molar-refractivity contribution in [3.8, 4) is 0 Å². The highest BCUT2D eigenvalue weighted by Gasteiger charge is 2.59. The first-order chi connectivity index (χ1) is 31.9. The number of ether oxygens (including phenoxy) is 9. The topological polar surface area (TPSA) is 502 Å². The average molecular weight is 999 g/mol. The average Bonchev–Trinajstić information content (AvgIpc) is 3.29. The van der Waals surface area contributed by atoms with Crippen LogP contribution in [-0.2, 0) is 57.0 Å². The molecule has 68 heavy (non-hydrogen) atoms. The normalized spacial score (nSPS) is 46.6. The minimum atomic E-state index is -2.98. The van der Waals surface area contributed by atoms with E-state index >= 15 is 0 Å². The number of carbonyl (C=O) groups is 3. The molecule has 5 fully saturated rings. The Balaban J connectivity index is 1.39. The predicted octanol–water partition coefficient (Wildman–Crippen LogP) is -12.4. The van der Waals surface area contributed by atoms with Crippen molar-refractivity contribution >= 4 is 17.8 Å². The van der Waals surface area contributed by atoms with Crippen LogP contribution in [0.15, 0.2) is 0 Å². The van der Waals surface area contributed by atoms with E-state index in [1.807, 2.05) is 0 Å². The molecular weight excluding hydrogens is 936 g/mol. The van der Waals surface area contributed by atoms with E-state index in [2.05, 4.69) is 10.6 Å². The number of rotatable bonds is 18. The molecule has 0 bridgehead atoms. The number of aliphatic hydroxyl groups excluding tert-OH is 16. The Morgan fingerprint density at radius 1 is 0.588 bits per heavy atom. The molecule has 5 heterocycles. The maximum absolute atomic E-state index is 12.7. The summed E-state index contributed by atoms with van der Waals surface area (Å²) in [5.74, 6) is -6.62. The lowest BCUT2D eigenvalue weighted by Crippen LogP contribution is -2.70. The van der Waals surface area contributed by atoms with Gasteiger partial charge in [-0.3, -0.25) is 9.59 Å². The number of carbonyl (C=O) groups excluding carboxylic acids is 2. The van der Waals surface area contributed by atoms with Crippen molar-refractivity contribution in [1.82, 2.24) is 10.6 Å². The second kappa shape index (κ2) is 23.8. The van der Waals surface area contributed by atoms with Crippen molar-refractivity contribution in [3.63, 3.8) is 0 Å². The van der Waals surface area contributed by atoms with Crippen LogP contribution < -0.4 is 10.6 Å². The van der Waals surface area contributed by atoms with E-state index in [4.69, 9.17) is 42.6 Å². The summed E-state index contributed by atoms with van der Waals surface area (Å²) in [6.07, 6.45) is -46.5. The first-order valence-corrected chi connectivity index (χ1v) is 21.2. The Hall–Kier alpha value is -2.59. The van der Waals surface area contributed by atoms with Crippen LogP contribution in [0.3, 0.4) is 0 Å². The molecule has 5 aliphatic heterocycles. The Morgan fingerprint density at radius 2 is 1.10 bits per heavy atom. The van der Waals surface area contributed by atoms with E-state index in [9.17, 15) is 101 Å². The van der Waals surface area contributed by atoms with Gasteiger partial charge in [-0.15, -0.1) is 0 Å². The summed E-state index contributed by atoms with van der Waals surface area (Å²) in [6.45, 7) is -3.16. The van der Waals surface area contributed by atoms with Crippen LogP contribution in [-0.4, -0.2) is 297 Å². The Morgan fingerprint density at radius 3 is 1.66 bits per heavy atom. The molecule has 0 aromatic heterocycles. The molecule has 0 saturated carbocycles. The predicted molar refractivity (Wildman–Crippen MR) is 207 cm³/mol. The third-order valence-electron chi connectivity index (χ3n) is 12.1. The molecule has 5 saturated heterocycles. The van der Waals surface area contributed by atoms with Gasteiger partial charge in [0.25, 0.3) is 5.79 Å². The number of carboxylic acids is 1. The number of amides is 2.